The van der Waals surface area contributed by atoms with Gasteiger partial charge in [-0.1, -0.05) is 13.8 Å². The second-order valence-electron chi connectivity index (χ2n) is 7.56. The number of fused-ring (bicyclic) bond motifs is 1. The Balaban J connectivity index is 1.64. The molecule has 13 heteroatoms. The van der Waals surface area contributed by atoms with Crippen LogP contribution in [0.15, 0.2) is 43.0 Å². The fraction of sp³-hybridized carbons (Fsp3) is 0.238. The topological polar surface area (TPSA) is 131 Å². The SMILES string of the molecule is CC(C)c1c(NC(=O)Nc2cnc(-n3nccn3)c(C(F)(F)F)c2)cnc2ccc(CO)nc12. The molecule has 0 saturated heterocycles. The van der Waals surface area contributed by atoms with Gasteiger partial charge in [-0.15, -0.1) is 4.80 Å². The second kappa shape index (κ2) is 9.02. The number of rotatable bonds is 5. The number of carbonyl (C=O) groups excluding carboxylic acids is 1. The highest BCUT2D eigenvalue weighted by molar-refractivity contribution is 6.01. The van der Waals surface area contributed by atoms with E-state index in [0.29, 0.717) is 28.0 Å². The Morgan fingerprint density at radius 1 is 1.12 bits per heavy atom. The van der Waals surface area contributed by atoms with Gasteiger partial charge in [-0.05, 0) is 24.1 Å². The van der Waals surface area contributed by atoms with E-state index >= 15 is 0 Å². The molecule has 4 heterocycles. The Hall–Kier alpha value is -4.13. The monoisotopic (exact) mass is 472 g/mol. The first-order valence-electron chi connectivity index (χ1n) is 10.1. The highest BCUT2D eigenvalue weighted by Gasteiger charge is 2.36. The smallest absolute Gasteiger partial charge is 0.390 e. The van der Waals surface area contributed by atoms with Crippen molar-refractivity contribution in [1.82, 2.24) is 29.9 Å². The zero-order chi connectivity index (χ0) is 24.5. The minimum atomic E-state index is -4.76. The van der Waals surface area contributed by atoms with Crippen LogP contribution < -0.4 is 10.6 Å². The third-order valence-corrected chi connectivity index (χ3v) is 4.84. The van der Waals surface area contributed by atoms with Gasteiger partial charge >= 0.3 is 12.2 Å². The van der Waals surface area contributed by atoms with Gasteiger partial charge in [-0.2, -0.15) is 23.4 Å². The van der Waals surface area contributed by atoms with Gasteiger partial charge in [0.25, 0.3) is 0 Å². The lowest BCUT2D eigenvalue weighted by molar-refractivity contribution is -0.137. The van der Waals surface area contributed by atoms with Gasteiger partial charge in [0.15, 0.2) is 5.82 Å². The molecule has 0 bridgehead atoms. The molecule has 176 valence electrons. The number of aromatic nitrogens is 6. The van der Waals surface area contributed by atoms with E-state index in [1.165, 1.54) is 18.6 Å². The molecule has 0 aromatic carbocycles. The molecule has 0 aliphatic rings. The first-order chi connectivity index (χ1) is 16.2. The minimum Gasteiger partial charge on any atom is -0.390 e. The first kappa shape index (κ1) is 23.0. The maximum absolute atomic E-state index is 13.6. The van der Waals surface area contributed by atoms with Crippen molar-refractivity contribution in [2.75, 3.05) is 10.6 Å². The maximum Gasteiger partial charge on any atom is 0.420 e. The summed E-state index contributed by atoms with van der Waals surface area (Å²) in [7, 11) is 0. The molecule has 0 fully saturated rings. The van der Waals surface area contributed by atoms with E-state index in [1.54, 1.807) is 12.1 Å². The Labute approximate surface area is 190 Å². The number of urea groups is 1. The summed E-state index contributed by atoms with van der Waals surface area (Å²) >= 11 is 0. The summed E-state index contributed by atoms with van der Waals surface area (Å²) in [5.74, 6) is -0.600. The molecule has 3 N–H and O–H groups in total. The number of nitrogens with zero attached hydrogens (tertiary/aromatic N) is 6. The van der Waals surface area contributed by atoms with Crippen molar-refractivity contribution in [1.29, 1.82) is 0 Å². The number of pyridine rings is 3. The molecule has 0 spiro atoms. The number of hydrogen-bond acceptors (Lipinski definition) is 7. The molecule has 34 heavy (non-hydrogen) atoms. The molecule has 0 unspecified atom stereocenters. The van der Waals surface area contributed by atoms with Crippen molar-refractivity contribution < 1.29 is 23.1 Å². The third-order valence-electron chi connectivity index (χ3n) is 4.84. The number of alkyl halides is 3. The lowest BCUT2D eigenvalue weighted by Crippen LogP contribution is -2.22. The van der Waals surface area contributed by atoms with Crippen LogP contribution in [0.4, 0.5) is 29.3 Å². The molecule has 0 saturated carbocycles. The van der Waals surface area contributed by atoms with Gasteiger partial charge in [0.2, 0.25) is 0 Å². The van der Waals surface area contributed by atoms with Crippen molar-refractivity contribution in [3.8, 4) is 5.82 Å². The minimum absolute atomic E-state index is 0.0819. The Morgan fingerprint density at radius 2 is 1.85 bits per heavy atom. The number of halogens is 3. The fourth-order valence-corrected chi connectivity index (χ4v) is 3.40. The first-order valence-corrected chi connectivity index (χ1v) is 10.1. The Morgan fingerprint density at radius 3 is 2.50 bits per heavy atom. The van der Waals surface area contributed by atoms with E-state index < -0.39 is 23.6 Å². The average molecular weight is 472 g/mol. The number of aliphatic hydroxyl groups excluding tert-OH is 1. The molecule has 0 aliphatic carbocycles. The molecule has 0 atom stereocenters. The van der Waals surface area contributed by atoms with Gasteiger partial charge in [0, 0.05) is 5.56 Å². The lowest BCUT2D eigenvalue weighted by atomic mass is 10.00. The molecule has 0 aliphatic heterocycles. The highest BCUT2D eigenvalue weighted by atomic mass is 19.4. The van der Waals surface area contributed by atoms with Gasteiger partial charge in [0.1, 0.15) is 5.56 Å². The molecule has 10 nitrogen and oxygen atoms in total. The summed E-state index contributed by atoms with van der Waals surface area (Å²) in [4.78, 5) is 25.9. The molecule has 2 amide bonds. The standard InChI is InChI=1S/C21H19F3N8O2/c1-11(2)17-16(9-25-15-4-3-12(10-33)29-18(15)17)31-20(34)30-13-7-14(21(22,23)24)19(26-8-13)32-27-5-6-28-32/h3-9,11,33H,10H2,1-2H3,(H2,30,31,34). The van der Waals surface area contributed by atoms with E-state index in [1.807, 2.05) is 13.8 Å². The molecule has 4 rings (SSSR count). The average Bonchev–Trinajstić information content (AvgIpc) is 3.32. The largest absolute Gasteiger partial charge is 0.420 e. The summed E-state index contributed by atoms with van der Waals surface area (Å²) < 4.78 is 40.8. The van der Waals surface area contributed by atoms with Crippen LogP contribution in [0.5, 0.6) is 0 Å². The van der Waals surface area contributed by atoms with E-state index in [4.69, 9.17) is 0 Å². The van der Waals surface area contributed by atoms with Crippen molar-refractivity contribution in [2.24, 2.45) is 0 Å². The Kier molecular flexibility index (Phi) is 6.11. The third kappa shape index (κ3) is 4.64. The van der Waals surface area contributed by atoms with Gasteiger partial charge in [0.05, 0.1) is 59.5 Å². The van der Waals surface area contributed by atoms with Crippen LogP contribution in [0.1, 0.15) is 36.6 Å². The Bertz CT molecular complexity index is 1340. The van der Waals surface area contributed by atoms with E-state index in [-0.39, 0.29) is 18.2 Å². The van der Waals surface area contributed by atoms with E-state index in [0.717, 1.165) is 17.1 Å². The zero-order valence-corrected chi connectivity index (χ0v) is 18.0. The van der Waals surface area contributed by atoms with Crippen LogP contribution in [0.3, 0.4) is 0 Å². The predicted octanol–water partition coefficient (Wildman–Crippen LogP) is 3.88. The van der Waals surface area contributed by atoms with Crippen LogP contribution in [-0.4, -0.2) is 41.1 Å². The van der Waals surface area contributed by atoms with Crippen LogP contribution in [-0.2, 0) is 12.8 Å². The van der Waals surface area contributed by atoms with Crippen LogP contribution in [0.2, 0.25) is 0 Å². The van der Waals surface area contributed by atoms with E-state index in [2.05, 4.69) is 35.8 Å². The van der Waals surface area contributed by atoms with Crippen LogP contribution in [0.25, 0.3) is 16.9 Å². The number of hydrogen-bond donors (Lipinski definition) is 3. The number of nitrogens with one attached hydrogen (secondary N) is 2. The summed E-state index contributed by atoms with van der Waals surface area (Å²) in [6, 6.07) is 3.32. The van der Waals surface area contributed by atoms with Gasteiger partial charge in [-0.25, -0.2) is 14.8 Å². The molecule has 0 radical (unpaired) electrons. The van der Waals surface area contributed by atoms with Crippen molar-refractivity contribution >= 4 is 28.4 Å². The van der Waals surface area contributed by atoms with Crippen molar-refractivity contribution in [2.45, 2.75) is 32.5 Å². The molecular formula is C21H19F3N8O2. The highest BCUT2D eigenvalue weighted by Crippen LogP contribution is 2.34. The normalized spacial score (nSPS) is 11.7. The van der Waals surface area contributed by atoms with Crippen molar-refractivity contribution in [3.05, 3.63) is 59.8 Å². The zero-order valence-electron chi connectivity index (χ0n) is 18.0. The van der Waals surface area contributed by atoms with Crippen LogP contribution >= 0.6 is 0 Å². The second-order valence-corrected chi connectivity index (χ2v) is 7.56. The molecule has 4 aromatic heterocycles. The van der Waals surface area contributed by atoms with Crippen molar-refractivity contribution in [3.63, 3.8) is 0 Å². The van der Waals surface area contributed by atoms with Gasteiger partial charge < -0.3 is 15.7 Å². The summed E-state index contributed by atoms with van der Waals surface area (Å²) in [6.07, 6.45) is 0.217. The molecule has 4 aromatic rings. The summed E-state index contributed by atoms with van der Waals surface area (Å²) in [5, 5.41) is 21.8. The quantitative estimate of drug-likeness (QED) is 0.402. The summed E-state index contributed by atoms with van der Waals surface area (Å²) in [5.41, 5.74) is 1.24. The number of aliphatic hydroxyl groups is 1. The molecular weight excluding hydrogens is 453 g/mol. The lowest BCUT2D eigenvalue weighted by Gasteiger charge is -2.17. The fourth-order valence-electron chi connectivity index (χ4n) is 3.40. The maximum atomic E-state index is 13.6. The number of amides is 2. The summed E-state index contributed by atoms with van der Waals surface area (Å²) in [6.45, 7) is 3.53. The van der Waals surface area contributed by atoms with E-state index in [9.17, 15) is 23.1 Å². The van der Waals surface area contributed by atoms with Gasteiger partial charge in [-0.3, -0.25) is 4.98 Å². The van der Waals surface area contributed by atoms with Crippen LogP contribution in [0, 0.1) is 0 Å². The number of anilines is 2. The number of carbonyl (C=O) groups is 1. The predicted molar refractivity (Wildman–Crippen MR) is 116 cm³/mol.